The average molecular weight is 487 g/mol. The highest BCUT2D eigenvalue weighted by atomic mass is 32.2. The maximum atomic E-state index is 13.4. The smallest absolute Gasteiger partial charge is 0.309 e. The minimum atomic E-state index is -3.99. The third-order valence-corrected chi connectivity index (χ3v) is 11.0. The summed E-state index contributed by atoms with van der Waals surface area (Å²) in [6.07, 6.45) is 4.36. The summed E-state index contributed by atoms with van der Waals surface area (Å²) in [4.78, 5) is 26.5. The second-order valence-electron chi connectivity index (χ2n) is 11.2. The Morgan fingerprint density at radius 3 is 2.50 bits per heavy atom. The van der Waals surface area contributed by atoms with Crippen LogP contribution in [0.25, 0.3) is 0 Å². The van der Waals surface area contributed by atoms with Crippen LogP contribution in [0.1, 0.15) is 57.4 Å². The van der Waals surface area contributed by atoms with E-state index in [0.29, 0.717) is 12.8 Å². The van der Waals surface area contributed by atoms with Crippen LogP contribution in [0.4, 0.5) is 0 Å². The van der Waals surface area contributed by atoms with Crippen LogP contribution in [0.3, 0.4) is 0 Å². The maximum Gasteiger partial charge on any atom is 0.309 e. The number of hydrogen-bond donors (Lipinski definition) is 0. The van der Waals surface area contributed by atoms with Gasteiger partial charge >= 0.3 is 5.97 Å². The van der Waals surface area contributed by atoms with Gasteiger partial charge in [0, 0.05) is 5.41 Å². The van der Waals surface area contributed by atoms with Crippen molar-refractivity contribution in [2.75, 3.05) is 7.11 Å². The van der Waals surface area contributed by atoms with E-state index < -0.39 is 33.0 Å². The van der Waals surface area contributed by atoms with E-state index in [2.05, 4.69) is 13.5 Å². The first-order valence-electron chi connectivity index (χ1n) is 12.3. The molecule has 0 heterocycles. The van der Waals surface area contributed by atoms with Crippen molar-refractivity contribution in [3.63, 3.8) is 0 Å². The molecule has 0 saturated heterocycles. The number of ketones is 1. The molecular weight excluding hydrogens is 452 g/mol. The molecule has 4 aliphatic rings. The summed E-state index contributed by atoms with van der Waals surface area (Å²) in [5.41, 5.74) is 0.904. The number of rotatable bonds is 4. The molecule has 4 aliphatic carbocycles. The number of benzene rings is 1. The summed E-state index contributed by atoms with van der Waals surface area (Å²) in [5.74, 6) is -0.179. The van der Waals surface area contributed by atoms with Crippen LogP contribution in [-0.2, 0) is 28.6 Å². The van der Waals surface area contributed by atoms with Crippen LogP contribution in [0.2, 0.25) is 0 Å². The summed E-state index contributed by atoms with van der Waals surface area (Å²) in [6, 6.07) is 6.59. The van der Waals surface area contributed by atoms with Crippen LogP contribution >= 0.6 is 0 Å². The third kappa shape index (κ3) is 3.41. The molecule has 1 spiro atoms. The second-order valence-corrected chi connectivity index (χ2v) is 12.8. The molecule has 0 aliphatic heterocycles. The molecule has 4 fully saturated rings. The lowest BCUT2D eigenvalue weighted by Crippen LogP contribution is -2.59. The second kappa shape index (κ2) is 8.02. The van der Waals surface area contributed by atoms with Crippen LogP contribution in [0.15, 0.2) is 41.3 Å². The lowest BCUT2D eigenvalue weighted by atomic mass is 9.43. The van der Waals surface area contributed by atoms with Crippen LogP contribution < -0.4 is 0 Å². The first-order valence-corrected chi connectivity index (χ1v) is 13.7. The number of Topliss-reactive ketones (excluding diaryl/α,β-unsaturated/α-hetero) is 1. The molecule has 184 valence electrons. The van der Waals surface area contributed by atoms with E-state index in [1.54, 1.807) is 24.3 Å². The van der Waals surface area contributed by atoms with Gasteiger partial charge in [0.15, 0.2) is 5.78 Å². The van der Waals surface area contributed by atoms with Gasteiger partial charge in [-0.2, -0.15) is 8.42 Å². The Bertz CT molecular complexity index is 1140. The Balaban J connectivity index is 1.50. The van der Waals surface area contributed by atoms with Gasteiger partial charge < -0.3 is 4.74 Å². The topological polar surface area (TPSA) is 86.7 Å². The molecule has 0 N–H and O–H groups in total. The van der Waals surface area contributed by atoms with Gasteiger partial charge in [0.05, 0.1) is 24.0 Å². The normalized spacial score (nSPS) is 39.3. The maximum absolute atomic E-state index is 13.4. The van der Waals surface area contributed by atoms with Gasteiger partial charge in [-0.05, 0) is 92.7 Å². The summed E-state index contributed by atoms with van der Waals surface area (Å²) in [6.45, 7) is 8.17. The Kier molecular flexibility index (Phi) is 5.60. The van der Waals surface area contributed by atoms with E-state index in [4.69, 9.17) is 8.92 Å². The van der Waals surface area contributed by atoms with Crippen LogP contribution in [0, 0.1) is 41.4 Å². The van der Waals surface area contributed by atoms with Crippen molar-refractivity contribution in [1.82, 2.24) is 0 Å². The van der Waals surface area contributed by atoms with Crippen molar-refractivity contribution in [1.29, 1.82) is 0 Å². The van der Waals surface area contributed by atoms with E-state index in [1.807, 2.05) is 6.92 Å². The van der Waals surface area contributed by atoms with Gasteiger partial charge in [0.25, 0.3) is 10.1 Å². The lowest BCUT2D eigenvalue weighted by Gasteiger charge is -2.61. The fourth-order valence-electron chi connectivity index (χ4n) is 8.13. The summed E-state index contributed by atoms with van der Waals surface area (Å²) in [7, 11) is -2.61. The largest absolute Gasteiger partial charge is 0.469 e. The molecule has 34 heavy (non-hydrogen) atoms. The molecule has 7 heteroatoms. The Hall–Kier alpha value is -1.99. The molecule has 0 unspecified atom stereocenters. The average Bonchev–Trinajstić information content (AvgIpc) is 2.97. The van der Waals surface area contributed by atoms with Gasteiger partial charge in [0.1, 0.15) is 0 Å². The molecule has 5 rings (SSSR count). The first-order chi connectivity index (χ1) is 16.0. The summed E-state index contributed by atoms with van der Waals surface area (Å²) < 4.78 is 37.2. The number of allylic oxidation sites excluding steroid dienone is 1. The molecule has 0 aromatic heterocycles. The molecule has 1 aromatic carbocycles. The van der Waals surface area contributed by atoms with Gasteiger partial charge in [-0.3, -0.25) is 13.8 Å². The number of hydrogen-bond acceptors (Lipinski definition) is 6. The molecule has 0 amide bonds. The number of methoxy groups -OCH3 is 1. The number of carbonyl (C=O) groups excluding carboxylic acids is 2. The zero-order valence-electron chi connectivity index (χ0n) is 20.2. The summed E-state index contributed by atoms with van der Waals surface area (Å²) in [5, 5.41) is 0. The molecule has 1 aromatic rings. The van der Waals surface area contributed by atoms with E-state index in [0.717, 1.165) is 43.2 Å². The van der Waals surface area contributed by atoms with E-state index >= 15 is 0 Å². The molecule has 7 atom stereocenters. The predicted octanol–water partition coefficient (Wildman–Crippen LogP) is 4.61. The fourth-order valence-corrected chi connectivity index (χ4v) is 9.22. The lowest BCUT2D eigenvalue weighted by molar-refractivity contribution is -0.176. The van der Waals surface area contributed by atoms with Gasteiger partial charge in [-0.25, -0.2) is 0 Å². The van der Waals surface area contributed by atoms with Crippen molar-refractivity contribution >= 4 is 21.9 Å². The van der Waals surface area contributed by atoms with Gasteiger partial charge in [-0.1, -0.05) is 31.2 Å². The van der Waals surface area contributed by atoms with Crippen molar-refractivity contribution in [3.05, 3.63) is 42.0 Å². The van der Waals surface area contributed by atoms with Gasteiger partial charge in [-0.15, -0.1) is 0 Å². The highest BCUT2D eigenvalue weighted by Crippen LogP contribution is 2.69. The Morgan fingerprint density at radius 2 is 1.82 bits per heavy atom. The highest BCUT2D eigenvalue weighted by Gasteiger charge is 2.67. The highest BCUT2D eigenvalue weighted by molar-refractivity contribution is 7.86. The minimum absolute atomic E-state index is 0.0377. The van der Waals surface area contributed by atoms with Crippen LogP contribution in [-0.4, -0.2) is 33.4 Å². The molecular formula is C27H34O6S. The minimum Gasteiger partial charge on any atom is -0.469 e. The van der Waals surface area contributed by atoms with E-state index in [-0.39, 0.29) is 34.4 Å². The van der Waals surface area contributed by atoms with E-state index in [1.165, 1.54) is 7.11 Å². The molecule has 0 radical (unpaired) electrons. The third-order valence-electron chi connectivity index (χ3n) is 9.61. The zero-order chi connectivity index (χ0) is 24.5. The zero-order valence-corrected chi connectivity index (χ0v) is 21.0. The number of esters is 1. The van der Waals surface area contributed by atoms with Gasteiger partial charge in [0.2, 0.25) is 0 Å². The van der Waals surface area contributed by atoms with E-state index in [9.17, 15) is 18.0 Å². The standard InChI is InChI=1S/C27H34O6S/c1-16-5-8-20(9-6-16)34(30,31)33-19-13-21(25(29)32-4)22-11-12-27-14-18(17(2)24(27)28)7-10-23(27)26(22,3)15-19/h5-6,8-9,18-19,21-23H,2,7,10-15H2,1,3-4H3/t18-,19-,21-,22-,23+,26-,27-/m1/s1. The molecule has 6 nitrogen and oxygen atoms in total. The van der Waals surface area contributed by atoms with Crippen LogP contribution in [0.5, 0.6) is 0 Å². The van der Waals surface area contributed by atoms with Crippen molar-refractivity contribution in [3.8, 4) is 0 Å². The predicted molar refractivity (Wildman–Crippen MR) is 126 cm³/mol. The SMILES string of the molecule is C=C1C(=O)[C@@]23CC[C@@H]4[C@H](C(=O)OC)C[C@@H](OS(=O)(=O)c5ccc(C)cc5)C[C@@]4(C)[C@@H]2CC[C@@H]1C3. The Morgan fingerprint density at radius 1 is 1.12 bits per heavy atom. The first kappa shape index (κ1) is 23.7. The number of ether oxygens (including phenoxy) is 1. The van der Waals surface area contributed by atoms with Crippen molar-refractivity contribution in [2.45, 2.75) is 69.8 Å². The fraction of sp³-hybridized carbons (Fsp3) is 0.630. The quantitative estimate of drug-likeness (QED) is 0.351. The monoisotopic (exact) mass is 486 g/mol. The number of aryl methyl sites for hydroxylation is 1. The summed E-state index contributed by atoms with van der Waals surface area (Å²) >= 11 is 0. The number of fused-ring (bicyclic) bond motifs is 3. The Labute approximate surface area is 202 Å². The van der Waals surface area contributed by atoms with Crippen molar-refractivity contribution < 1.29 is 26.9 Å². The molecule has 4 saturated carbocycles. The number of carbonyl (C=O) groups is 2. The van der Waals surface area contributed by atoms with Crippen molar-refractivity contribution in [2.24, 2.45) is 34.5 Å². The molecule has 2 bridgehead atoms.